The lowest BCUT2D eigenvalue weighted by Gasteiger charge is -1.99. The zero-order valence-electron chi connectivity index (χ0n) is 8.31. The number of Topliss-reactive ketones (excluding diaryl/α,β-unsaturated/α-hetero) is 1. The lowest BCUT2D eigenvalue weighted by atomic mass is 10.1. The van der Waals surface area contributed by atoms with Crippen molar-refractivity contribution in [2.75, 3.05) is 0 Å². The maximum Gasteiger partial charge on any atom is 0.164 e. The molecule has 1 rings (SSSR count). The molecule has 3 heteroatoms. The van der Waals surface area contributed by atoms with Gasteiger partial charge in [-0.25, -0.2) is 8.78 Å². The molecule has 0 saturated carbocycles. The maximum absolute atomic E-state index is 12.8. The lowest BCUT2D eigenvalue weighted by molar-refractivity contribution is 0.0983. The van der Waals surface area contributed by atoms with Gasteiger partial charge in [-0.1, -0.05) is 0 Å². The van der Waals surface area contributed by atoms with Gasteiger partial charge < -0.3 is 0 Å². The number of rotatable bonds is 3. The smallest absolute Gasteiger partial charge is 0.164 e. The first-order valence-electron chi connectivity index (χ1n) is 4.52. The number of carbonyl (C=O) groups is 1. The van der Waals surface area contributed by atoms with Crippen molar-refractivity contribution in [3.63, 3.8) is 0 Å². The van der Waals surface area contributed by atoms with E-state index in [1.54, 1.807) is 6.92 Å². The third-order valence-electron chi connectivity index (χ3n) is 1.84. The van der Waals surface area contributed by atoms with E-state index in [9.17, 15) is 13.6 Å². The van der Waals surface area contributed by atoms with E-state index < -0.39 is 11.6 Å². The predicted octanol–water partition coefficient (Wildman–Crippen LogP) is 2.95. The fourth-order valence-corrected chi connectivity index (χ4v) is 1.16. The molecule has 0 aliphatic rings. The summed E-state index contributed by atoms with van der Waals surface area (Å²) in [6, 6.07) is 2.80. The Morgan fingerprint density at radius 3 is 2.40 bits per heavy atom. The second-order valence-electron chi connectivity index (χ2n) is 3.01. The van der Waals surface area contributed by atoms with E-state index in [2.05, 4.69) is 11.8 Å². The monoisotopic (exact) mass is 208 g/mol. The topological polar surface area (TPSA) is 17.1 Å². The van der Waals surface area contributed by atoms with Crippen molar-refractivity contribution in [2.24, 2.45) is 0 Å². The van der Waals surface area contributed by atoms with Crippen LogP contribution in [0.3, 0.4) is 0 Å². The summed E-state index contributed by atoms with van der Waals surface area (Å²) in [6.07, 6.45) is 0.594. The highest BCUT2D eigenvalue weighted by Crippen LogP contribution is 2.10. The molecule has 0 unspecified atom stereocenters. The zero-order chi connectivity index (χ0) is 11.3. The molecule has 0 N–H and O–H groups in total. The summed E-state index contributed by atoms with van der Waals surface area (Å²) in [7, 11) is 0. The minimum absolute atomic E-state index is 0.0606. The van der Waals surface area contributed by atoms with E-state index >= 15 is 0 Å². The molecular formula is C12H10F2O. The molecule has 0 aliphatic heterocycles. The summed E-state index contributed by atoms with van der Waals surface area (Å²) in [5.41, 5.74) is 0.0606. The van der Waals surface area contributed by atoms with Crippen LogP contribution in [0.15, 0.2) is 18.2 Å². The number of hydrogen-bond donors (Lipinski definition) is 0. The van der Waals surface area contributed by atoms with Gasteiger partial charge in [0, 0.05) is 24.5 Å². The summed E-state index contributed by atoms with van der Waals surface area (Å²) >= 11 is 0. The highest BCUT2D eigenvalue weighted by molar-refractivity contribution is 5.96. The summed E-state index contributed by atoms with van der Waals surface area (Å²) in [5, 5.41) is 0. The second-order valence-corrected chi connectivity index (χ2v) is 3.01. The highest BCUT2D eigenvalue weighted by atomic mass is 19.1. The first kappa shape index (κ1) is 11.4. The summed E-state index contributed by atoms with van der Waals surface area (Å²) in [5.74, 6) is 3.60. The van der Waals surface area contributed by atoms with Gasteiger partial charge in [-0.2, -0.15) is 0 Å². The van der Waals surface area contributed by atoms with E-state index in [0.717, 1.165) is 18.2 Å². The summed E-state index contributed by atoms with van der Waals surface area (Å²) in [4.78, 5) is 11.4. The molecule has 0 bridgehead atoms. The molecule has 1 aromatic rings. The Morgan fingerprint density at radius 1 is 1.27 bits per heavy atom. The molecule has 1 aromatic carbocycles. The fourth-order valence-electron chi connectivity index (χ4n) is 1.16. The van der Waals surface area contributed by atoms with Gasteiger partial charge in [-0.05, 0) is 19.1 Å². The molecule has 0 heterocycles. The number of ketones is 1. The van der Waals surface area contributed by atoms with Crippen LogP contribution < -0.4 is 0 Å². The Balaban J connectivity index is 2.76. The molecule has 0 atom stereocenters. The predicted molar refractivity (Wildman–Crippen MR) is 53.4 cm³/mol. The van der Waals surface area contributed by atoms with Crippen LogP contribution >= 0.6 is 0 Å². The van der Waals surface area contributed by atoms with Crippen LogP contribution in [0.25, 0.3) is 0 Å². The average Bonchev–Trinajstić information content (AvgIpc) is 2.16. The van der Waals surface area contributed by atoms with Crippen molar-refractivity contribution in [1.82, 2.24) is 0 Å². The Hall–Kier alpha value is -1.69. The van der Waals surface area contributed by atoms with Crippen molar-refractivity contribution in [3.05, 3.63) is 35.4 Å². The second kappa shape index (κ2) is 5.26. The van der Waals surface area contributed by atoms with Crippen molar-refractivity contribution in [1.29, 1.82) is 0 Å². The van der Waals surface area contributed by atoms with Crippen LogP contribution in [0.1, 0.15) is 30.1 Å². The van der Waals surface area contributed by atoms with Crippen LogP contribution in [-0.4, -0.2) is 5.78 Å². The molecule has 78 valence electrons. The third-order valence-corrected chi connectivity index (χ3v) is 1.84. The molecule has 0 saturated heterocycles. The Kier molecular flexibility index (Phi) is 3.99. The van der Waals surface area contributed by atoms with Crippen LogP contribution in [0.4, 0.5) is 8.78 Å². The average molecular weight is 208 g/mol. The number of benzene rings is 1. The van der Waals surface area contributed by atoms with Gasteiger partial charge in [0.05, 0.1) is 0 Å². The van der Waals surface area contributed by atoms with Crippen LogP contribution in [0.5, 0.6) is 0 Å². The largest absolute Gasteiger partial charge is 0.294 e. The molecule has 0 radical (unpaired) electrons. The van der Waals surface area contributed by atoms with Gasteiger partial charge in [-0.15, -0.1) is 11.8 Å². The molecule has 0 spiro atoms. The Bertz CT molecular complexity index is 407. The maximum atomic E-state index is 12.8. The molecule has 0 aliphatic carbocycles. The van der Waals surface area contributed by atoms with E-state index in [-0.39, 0.29) is 17.8 Å². The first-order chi connectivity index (χ1) is 7.13. The number of halogens is 2. The molecular weight excluding hydrogens is 198 g/mol. The van der Waals surface area contributed by atoms with Crippen molar-refractivity contribution in [2.45, 2.75) is 19.8 Å². The van der Waals surface area contributed by atoms with Gasteiger partial charge in [-0.3, -0.25) is 4.79 Å². The lowest BCUT2D eigenvalue weighted by Crippen LogP contribution is -2.00. The molecule has 15 heavy (non-hydrogen) atoms. The van der Waals surface area contributed by atoms with Gasteiger partial charge >= 0.3 is 0 Å². The number of carbonyl (C=O) groups excluding carboxylic acids is 1. The molecule has 0 amide bonds. The van der Waals surface area contributed by atoms with Gasteiger partial charge in [0.2, 0.25) is 0 Å². The normalized spacial score (nSPS) is 9.27. The van der Waals surface area contributed by atoms with E-state index in [1.807, 2.05) is 0 Å². The van der Waals surface area contributed by atoms with Crippen LogP contribution in [0.2, 0.25) is 0 Å². The Morgan fingerprint density at radius 2 is 1.87 bits per heavy atom. The highest BCUT2D eigenvalue weighted by Gasteiger charge is 2.08. The van der Waals surface area contributed by atoms with Gasteiger partial charge in [0.25, 0.3) is 0 Å². The van der Waals surface area contributed by atoms with Crippen LogP contribution in [0, 0.1) is 23.5 Å². The third kappa shape index (κ3) is 3.51. The SMILES string of the molecule is CC#CCCC(=O)c1cc(F)cc(F)c1. The summed E-state index contributed by atoms with van der Waals surface area (Å²) < 4.78 is 25.5. The molecule has 0 aromatic heterocycles. The van der Waals surface area contributed by atoms with Crippen LogP contribution in [-0.2, 0) is 0 Å². The summed E-state index contributed by atoms with van der Waals surface area (Å²) in [6.45, 7) is 1.67. The quantitative estimate of drug-likeness (QED) is 0.551. The molecule has 1 nitrogen and oxygen atoms in total. The van der Waals surface area contributed by atoms with Crippen molar-refractivity contribution >= 4 is 5.78 Å². The van der Waals surface area contributed by atoms with E-state index in [4.69, 9.17) is 0 Å². The van der Waals surface area contributed by atoms with Gasteiger partial charge in [0.1, 0.15) is 11.6 Å². The number of hydrogen-bond acceptors (Lipinski definition) is 1. The minimum atomic E-state index is -0.736. The van der Waals surface area contributed by atoms with Gasteiger partial charge in [0.15, 0.2) is 5.78 Å². The van der Waals surface area contributed by atoms with E-state index in [0.29, 0.717) is 6.42 Å². The fraction of sp³-hybridized carbons (Fsp3) is 0.250. The molecule has 0 fully saturated rings. The standard InChI is InChI=1S/C12H10F2O/c1-2-3-4-5-12(15)9-6-10(13)8-11(14)7-9/h6-8H,4-5H2,1H3. The van der Waals surface area contributed by atoms with Crippen molar-refractivity contribution < 1.29 is 13.6 Å². The van der Waals surface area contributed by atoms with E-state index in [1.165, 1.54) is 0 Å². The zero-order valence-corrected chi connectivity index (χ0v) is 8.31. The Labute approximate surface area is 87.1 Å². The first-order valence-corrected chi connectivity index (χ1v) is 4.52. The van der Waals surface area contributed by atoms with Crippen molar-refractivity contribution in [3.8, 4) is 11.8 Å². The minimum Gasteiger partial charge on any atom is -0.294 e.